The van der Waals surface area contributed by atoms with Gasteiger partial charge in [0.25, 0.3) is 0 Å². The molecule has 27 heavy (non-hydrogen) atoms. The van der Waals surface area contributed by atoms with Crippen molar-refractivity contribution in [3.05, 3.63) is 30.6 Å². The summed E-state index contributed by atoms with van der Waals surface area (Å²) in [6.07, 6.45) is 4.79. The van der Waals surface area contributed by atoms with E-state index in [1.807, 2.05) is 36.0 Å². The lowest BCUT2D eigenvalue weighted by Crippen LogP contribution is -2.36. The van der Waals surface area contributed by atoms with Crippen LogP contribution in [0.3, 0.4) is 0 Å². The number of benzene rings is 1. The molecule has 3 atom stereocenters. The van der Waals surface area contributed by atoms with Gasteiger partial charge in [0, 0.05) is 23.1 Å². The van der Waals surface area contributed by atoms with E-state index in [2.05, 4.69) is 31.5 Å². The predicted molar refractivity (Wildman–Crippen MR) is 102 cm³/mol. The molecule has 2 fully saturated rings. The molecule has 0 spiro atoms. The largest absolute Gasteiger partial charge is 0.332 e. The van der Waals surface area contributed by atoms with Gasteiger partial charge in [-0.25, -0.2) is 9.48 Å². The monoisotopic (exact) mass is 387 g/mol. The van der Waals surface area contributed by atoms with Crippen LogP contribution in [-0.2, 0) is 4.79 Å². The molecule has 1 aromatic carbocycles. The SMILES string of the molecule is O=C(CCCCC1SCC2NC(=O)NC21)Nc1cccc(-n2cnnn2)c1. The predicted octanol–water partition coefficient (Wildman–Crippen LogP) is 1.33. The van der Waals surface area contributed by atoms with Crippen LogP contribution in [0.2, 0.25) is 0 Å². The van der Waals surface area contributed by atoms with Gasteiger partial charge in [-0.2, -0.15) is 11.8 Å². The molecule has 142 valence electrons. The average Bonchev–Trinajstić information content (AvgIpc) is 3.37. The summed E-state index contributed by atoms with van der Waals surface area (Å²) in [5.74, 6) is 0.961. The molecule has 3 unspecified atom stereocenters. The van der Waals surface area contributed by atoms with E-state index >= 15 is 0 Å². The topological polar surface area (TPSA) is 114 Å². The van der Waals surface area contributed by atoms with Crippen LogP contribution in [0.1, 0.15) is 25.7 Å². The zero-order valence-electron chi connectivity index (χ0n) is 14.7. The number of unbranched alkanes of at least 4 members (excludes halogenated alkanes) is 1. The Balaban J connectivity index is 1.20. The minimum Gasteiger partial charge on any atom is -0.332 e. The number of hydrogen-bond acceptors (Lipinski definition) is 6. The van der Waals surface area contributed by atoms with E-state index in [9.17, 15) is 9.59 Å². The fraction of sp³-hybridized carbons (Fsp3) is 0.471. The van der Waals surface area contributed by atoms with Gasteiger partial charge in [0.1, 0.15) is 6.33 Å². The molecule has 9 nitrogen and oxygen atoms in total. The van der Waals surface area contributed by atoms with E-state index in [0.29, 0.717) is 11.7 Å². The Morgan fingerprint density at radius 1 is 1.33 bits per heavy atom. The number of aromatic nitrogens is 4. The van der Waals surface area contributed by atoms with E-state index in [1.165, 1.54) is 6.33 Å². The quantitative estimate of drug-likeness (QED) is 0.488. The lowest BCUT2D eigenvalue weighted by Gasteiger charge is -2.16. The Kier molecular flexibility index (Phi) is 5.23. The molecule has 2 aliphatic rings. The van der Waals surface area contributed by atoms with Crippen molar-refractivity contribution in [1.82, 2.24) is 30.8 Å². The van der Waals surface area contributed by atoms with Gasteiger partial charge in [-0.1, -0.05) is 12.5 Å². The summed E-state index contributed by atoms with van der Waals surface area (Å²) >= 11 is 1.90. The number of amides is 3. The number of rotatable bonds is 7. The summed E-state index contributed by atoms with van der Waals surface area (Å²) in [7, 11) is 0. The average molecular weight is 387 g/mol. The van der Waals surface area contributed by atoms with Crippen LogP contribution >= 0.6 is 11.8 Å². The van der Waals surface area contributed by atoms with Crippen molar-refractivity contribution >= 4 is 29.4 Å². The lowest BCUT2D eigenvalue weighted by atomic mass is 10.0. The maximum absolute atomic E-state index is 12.2. The van der Waals surface area contributed by atoms with Crippen LogP contribution in [-0.4, -0.2) is 55.2 Å². The number of anilines is 1. The number of hydrogen-bond donors (Lipinski definition) is 3. The number of carbonyl (C=O) groups excluding carboxylic acids is 2. The zero-order valence-corrected chi connectivity index (χ0v) is 15.5. The van der Waals surface area contributed by atoms with E-state index in [0.717, 1.165) is 36.4 Å². The smallest absolute Gasteiger partial charge is 0.315 e. The number of urea groups is 1. The van der Waals surface area contributed by atoms with Gasteiger partial charge >= 0.3 is 6.03 Å². The molecule has 2 saturated heterocycles. The van der Waals surface area contributed by atoms with E-state index in [-0.39, 0.29) is 24.0 Å². The van der Waals surface area contributed by atoms with Gasteiger partial charge in [-0.3, -0.25) is 4.79 Å². The molecule has 3 N–H and O–H groups in total. The van der Waals surface area contributed by atoms with Gasteiger partial charge in [-0.15, -0.1) is 5.10 Å². The minimum atomic E-state index is -0.0569. The van der Waals surface area contributed by atoms with Crippen molar-refractivity contribution in [2.24, 2.45) is 0 Å². The lowest BCUT2D eigenvalue weighted by molar-refractivity contribution is -0.116. The highest BCUT2D eigenvalue weighted by Crippen LogP contribution is 2.33. The summed E-state index contributed by atoms with van der Waals surface area (Å²) in [5, 5.41) is 20.4. The highest BCUT2D eigenvalue weighted by atomic mass is 32.2. The third-order valence-electron chi connectivity index (χ3n) is 4.82. The Bertz CT molecular complexity index is 813. The third-order valence-corrected chi connectivity index (χ3v) is 6.33. The molecule has 0 saturated carbocycles. The van der Waals surface area contributed by atoms with Crippen LogP contribution in [0.5, 0.6) is 0 Å². The number of nitrogens with one attached hydrogen (secondary N) is 3. The molecule has 2 aromatic rings. The van der Waals surface area contributed by atoms with E-state index in [1.54, 1.807) is 4.68 Å². The van der Waals surface area contributed by atoms with E-state index < -0.39 is 0 Å². The summed E-state index contributed by atoms with van der Waals surface area (Å²) in [5.41, 5.74) is 1.51. The zero-order chi connectivity index (χ0) is 18.6. The second kappa shape index (κ2) is 7.95. The van der Waals surface area contributed by atoms with Crippen LogP contribution in [0.25, 0.3) is 5.69 Å². The second-order valence-corrected chi connectivity index (χ2v) is 7.99. The molecular weight excluding hydrogens is 366 g/mol. The fourth-order valence-electron chi connectivity index (χ4n) is 3.50. The first-order chi connectivity index (χ1) is 13.2. The molecule has 3 heterocycles. The summed E-state index contributed by atoms with van der Waals surface area (Å²) in [6.45, 7) is 0. The molecule has 1 aromatic heterocycles. The van der Waals surface area contributed by atoms with Crippen LogP contribution in [0.4, 0.5) is 10.5 Å². The summed E-state index contributed by atoms with van der Waals surface area (Å²) in [6, 6.07) is 7.82. The maximum Gasteiger partial charge on any atom is 0.315 e. The molecule has 0 aliphatic carbocycles. The van der Waals surface area contributed by atoms with Crippen LogP contribution < -0.4 is 16.0 Å². The van der Waals surface area contributed by atoms with Crippen molar-refractivity contribution in [1.29, 1.82) is 0 Å². The van der Waals surface area contributed by atoms with Crippen molar-refractivity contribution in [2.45, 2.75) is 43.0 Å². The second-order valence-electron chi connectivity index (χ2n) is 6.72. The molecule has 10 heteroatoms. The third kappa shape index (κ3) is 4.21. The minimum absolute atomic E-state index is 0.00310. The molecule has 0 bridgehead atoms. The first-order valence-electron chi connectivity index (χ1n) is 9.01. The Morgan fingerprint density at radius 3 is 3.11 bits per heavy atom. The molecule has 3 amide bonds. The Hall–Kier alpha value is -2.62. The van der Waals surface area contributed by atoms with Crippen molar-refractivity contribution in [3.63, 3.8) is 0 Å². The summed E-state index contributed by atoms with van der Waals surface area (Å²) in [4.78, 5) is 23.6. The molecule has 4 rings (SSSR count). The Labute approximate surface area is 160 Å². The van der Waals surface area contributed by atoms with Gasteiger partial charge in [0.2, 0.25) is 5.91 Å². The maximum atomic E-state index is 12.2. The number of carbonyl (C=O) groups is 2. The first-order valence-corrected chi connectivity index (χ1v) is 10.1. The van der Waals surface area contributed by atoms with E-state index in [4.69, 9.17) is 0 Å². The number of fused-ring (bicyclic) bond motifs is 1. The first kappa shape index (κ1) is 17.8. The Morgan fingerprint density at radius 2 is 2.26 bits per heavy atom. The molecule has 2 aliphatic heterocycles. The highest BCUT2D eigenvalue weighted by Gasteiger charge is 2.42. The normalized spacial score (nSPS) is 23.6. The highest BCUT2D eigenvalue weighted by molar-refractivity contribution is 8.00. The van der Waals surface area contributed by atoms with Gasteiger partial charge in [-0.05, 0) is 41.5 Å². The van der Waals surface area contributed by atoms with Crippen molar-refractivity contribution in [2.75, 3.05) is 11.1 Å². The summed E-state index contributed by atoms with van der Waals surface area (Å²) < 4.78 is 1.54. The van der Waals surface area contributed by atoms with Crippen LogP contribution in [0.15, 0.2) is 30.6 Å². The van der Waals surface area contributed by atoms with Gasteiger partial charge in [0.15, 0.2) is 0 Å². The molecule has 0 radical (unpaired) electrons. The molecular formula is C17H21N7O2S. The number of thioether (sulfide) groups is 1. The van der Waals surface area contributed by atoms with Crippen molar-refractivity contribution < 1.29 is 9.59 Å². The number of tetrazole rings is 1. The standard InChI is InChI=1S/C17H21N7O2S/c25-15(19-11-4-3-5-12(8-11)24-10-18-22-23-24)7-2-1-6-14-16-13(9-27-14)20-17(26)21-16/h3-5,8,10,13-14,16H,1-2,6-7,9H2,(H,19,25)(H2,20,21,26). The van der Waals surface area contributed by atoms with Crippen molar-refractivity contribution in [3.8, 4) is 5.69 Å². The van der Waals surface area contributed by atoms with Gasteiger partial charge < -0.3 is 16.0 Å². The number of nitrogens with zero attached hydrogens (tertiary/aromatic N) is 4. The van der Waals surface area contributed by atoms with Crippen LogP contribution in [0, 0.1) is 0 Å². The fourth-order valence-corrected chi connectivity index (χ4v) is 5.05. The van der Waals surface area contributed by atoms with Gasteiger partial charge in [0.05, 0.1) is 17.8 Å².